The first-order valence-corrected chi connectivity index (χ1v) is 14.7. The lowest BCUT2D eigenvalue weighted by molar-refractivity contribution is 0.0952. The normalized spacial score (nSPS) is 14.3. The molecule has 0 radical (unpaired) electrons. The number of aryl methyl sites for hydroxylation is 2. The van der Waals surface area contributed by atoms with Gasteiger partial charge >= 0.3 is 0 Å². The molecule has 0 unspecified atom stereocenters. The highest BCUT2D eigenvalue weighted by Crippen LogP contribution is 2.30. The Bertz CT molecular complexity index is 1440. The Labute approximate surface area is 247 Å². The first kappa shape index (κ1) is 29.0. The number of hydrogen-bond acceptors (Lipinski definition) is 5. The smallest absolute Gasteiger partial charge is 0.253 e. The number of ether oxygens (including phenoxy) is 2. The highest BCUT2D eigenvalue weighted by atomic mass is 35.5. The summed E-state index contributed by atoms with van der Waals surface area (Å²) in [5.74, 6) is 1.57. The van der Waals surface area contributed by atoms with E-state index in [2.05, 4.69) is 38.7 Å². The third kappa shape index (κ3) is 7.61. The second kappa shape index (κ2) is 13.9. The number of methoxy groups -OCH3 is 1. The fourth-order valence-corrected chi connectivity index (χ4v) is 5.60. The van der Waals surface area contributed by atoms with Crippen LogP contribution >= 0.6 is 11.6 Å². The van der Waals surface area contributed by atoms with Crippen molar-refractivity contribution < 1.29 is 14.3 Å². The summed E-state index contributed by atoms with van der Waals surface area (Å²) < 4.78 is 13.7. The number of carbonyl (C=O) groups excluding carboxylic acids is 1. The number of nitrogens with zero attached hydrogens (tertiary/aromatic N) is 3. The summed E-state index contributed by atoms with van der Waals surface area (Å²) in [6, 6.07) is 21.6. The molecule has 0 spiro atoms. The summed E-state index contributed by atoms with van der Waals surface area (Å²) in [7, 11) is 1.68. The van der Waals surface area contributed by atoms with Crippen LogP contribution in [0.4, 0.5) is 0 Å². The first-order valence-electron chi connectivity index (χ1n) is 14.3. The number of piperazine rings is 1. The Morgan fingerprint density at radius 2 is 1.66 bits per heavy atom. The van der Waals surface area contributed by atoms with Crippen molar-refractivity contribution in [1.82, 2.24) is 19.7 Å². The lowest BCUT2D eigenvalue weighted by Gasteiger charge is -2.34. The zero-order chi connectivity index (χ0) is 28.6. The average Bonchev–Trinajstić information content (AvgIpc) is 3.37. The molecule has 41 heavy (non-hydrogen) atoms. The minimum absolute atomic E-state index is 0.0697. The van der Waals surface area contributed by atoms with Crippen LogP contribution in [-0.4, -0.2) is 73.3 Å². The van der Waals surface area contributed by atoms with Crippen LogP contribution in [0.2, 0.25) is 5.02 Å². The summed E-state index contributed by atoms with van der Waals surface area (Å²) >= 11 is 5.95. The highest BCUT2D eigenvalue weighted by molar-refractivity contribution is 6.30. The predicted octanol–water partition coefficient (Wildman–Crippen LogP) is 5.63. The van der Waals surface area contributed by atoms with Crippen LogP contribution < -0.4 is 14.8 Å². The van der Waals surface area contributed by atoms with Crippen LogP contribution in [0.5, 0.6) is 11.5 Å². The molecule has 3 aromatic carbocycles. The Hall–Kier alpha value is -3.52. The van der Waals surface area contributed by atoms with Crippen molar-refractivity contribution in [3.63, 3.8) is 0 Å². The van der Waals surface area contributed by atoms with Gasteiger partial charge in [0.15, 0.2) is 0 Å². The highest BCUT2D eigenvalue weighted by Gasteiger charge is 2.19. The Morgan fingerprint density at radius 3 is 2.39 bits per heavy atom. The van der Waals surface area contributed by atoms with Crippen LogP contribution in [0.1, 0.15) is 27.9 Å². The van der Waals surface area contributed by atoms with E-state index in [1.807, 2.05) is 60.8 Å². The molecule has 1 saturated heterocycles. The lowest BCUT2D eigenvalue weighted by Crippen LogP contribution is -2.47. The van der Waals surface area contributed by atoms with Crippen molar-refractivity contribution in [3.05, 3.63) is 94.6 Å². The van der Waals surface area contributed by atoms with Crippen LogP contribution in [0, 0.1) is 6.92 Å². The molecule has 0 atom stereocenters. The molecule has 1 aromatic heterocycles. The summed E-state index contributed by atoms with van der Waals surface area (Å²) in [4.78, 5) is 18.2. The van der Waals surface area contributed by atoms with Gasteiger partial charge in [-0.25, -0.2) is 0 Å². The Balaban J connectivity index is 1.13. The predicted molar refractivity (Wildman–Crippen MR) is 165 cm³/mol. The summed E-state index contributed by atoms with van der Waals surface area (Å²) in [6.45, 7) is 10.1. The van der Waals surface area contributed by atoms with E-state index >= 15 is 0 Å². The van der Waals surface area contributed by atoms with E-state index in [4.69, 9.17) is 21.1 Å². The number of halogens is 1. The van der Waals surface area contributed by atoms with Gasteiger partial charge in [0.2, 0.25) is 0 Å². The molecule has 216 valence electrons. The maximum absolute atomic E-state index is 13.3. The molecule has 1 amide bonds. The standard InChI is InChI=1S/C33H39ClN4O3/c1-25-6-3-7-26(22-25)23-35-33(39)30-24-38(32-29(30)8-4-9-31(32)40-2)15-5-14-36-16-18-37(19-17-36)20-21-41-28-12-10-27(34)11-13-28/h3-4,6-13,22,24H,5,14-21,23H2,1-2H3,(H,35,39). The van der Waals surface area contributed by atoms with Crippen molar-refractivity contribution in [1.29, 1.82) is 0 Å². The number of hydrogen-bond donors (Lipinski definition) is 1. The van der Waals surface area contributed by atoms with Gasteiger partial charge in [-0.2, -0.15) is 0 Å². The number of para-hydroxylation sites is 1. The van der Waals surface area contributed by atoms with Crippen LogP contribution in [-0.2, 0) is 13.1 Å². The molecule has 1 fully saturated rings. The first-order chi connectivity index (χ1) is 20.0. The van der Waals surface area contributed by atoms with E-state index in [1.165, 1.54) is 5.56 Å². The van der Waals surface area contributed by atoms with Gasteiger partial charge in [-0.1, -0.05) is 53.6 Å². The zero-order valence-electron chi connectivity index (χ0n) is 23.9. The van der Waals surface area contributed by atoms with E-state index in [-0.39, 0.29) is 5.91 Å². The lowest BCUT2D eigenvalue weighted by atomic mass is 10.1. The minimum atomic E-state index is -0.0697. The van der Waals surface area contributed by atoms with E-state index in [1.54, 1.807) is 7.11 Å². The minimum Gasteiger partial charge on any atom is -0.495 e. The average molecular weight is 575 g/mol. The van der Waals surface area contributed by atoms with Gasteiger partial charge < -0.3 is 24.3 Å². The number of nitrogens with one attached hydrogen (secondary N) is 1. The van der Waals surface area contributed by atoms with Gasteiger partial charge in [-0.05, 0) is 55.8 Å². The third-order valence-electron chi connectivity index (χ3n) is 7.69. The van der Waals surface area contributed by atoms with Crippen molar-refractivity contribution in [2.24, 2.45) is 0 Å². The van der Waals surface area contributed by atoms with E-state index in [0.717, 1.165) is 85.2 Å². The quantitative estimate of drug-likeness (QED) is 0.238. The van der Waals surface area contributed by atoms with E-state index in [9.17, 15) is 4.79 Å². The van der Waals surface area contributed by atoms with Crippen LogP contribution in [0.15, 0.2) is 72.9 Å². The number of aromatic nitrogens is 1. The molecule has 0 saturated carbocycles. The van der Waals surface area contributed by atoms with Crippen molar-refractivity contribution in [2.45, 2.75) is 26.4 Å². The van der Waals surface area contributed by atoms with Gasteiger partial charge in [0, 0.05) is 62.4 Å². The fraction of sp³-hybridized carbons (Fsp3) is 0.364. The second-order valence-corrected chi connectivity index (χ2v) is 11.0. The van der Waals surface area contributed by atoms with Gasteiger partial charge in [0.05, 0.1) is 18.2 Å². The molecule has 2 heterocycles. The molecule has 0 aliphatic carbocycles. The molecule has 5 rings (SSSR count). The number of amides is 1. The molecule has 1 aliphatic rings. The molecule has 1 aliphatic heterocycles. The van der Waals surface area contributed by atoms with Gasteiger partial charge in [-0.15, -0.1) is 0 Å². The molecule has 4 aromatic rings. The molecule has 0 bridgehead atoms. The maximum Gasteiger partial charge on any atom is 0.253 e. The number of rotatable bonds is 12. The Morgan fingerprint density at radius 1 is 0.927 bits per heavy atom. The number of benzene rings is 3. The number of carbonyl (C=O) groups is 1. The zero-order valence-corrected chi connectivity index (χ0v) is 24.7. The summed E-state index contributed by atoms with van der Waals surface area (Å²) in [5, 5.41) is 4.74. The van der Waals surface area contributed by atoms with Crippen LogP contribution in [0.25, 0.3) is 10.9 Å². The van der Waals surface area contributed by atoms with Gasteiger partial charge in [-0.3, -0.25) is 9.69 Å². The second-order valence-electron chi connectivity index (χ2n) is 10.6. The van der Waals surface area contributed by atoms with Crippen molar-refractivity contribution in [2.75, 3.05) is 53.0 Å². The largest absolute Gasteiger partial charge is 0.495 e. The van der Waals surface area contributed by atoms with Crippen molar-refractivity contribution >= 4 is 28.4 Å². The fourth-order valence-electron chi connectivity index (χ4n) is 5.47. The maximum atomic E-state index is 13.3. The van der Waals surface area contributed by atoms with E-state index < -0.39 is 0 Å². The van der Waals surface area contributed by atoms with Crippen molar-refractivity contribution in [3.8, 4) is 11.5 Å². The van der Waals surface area contributed by atoms with Gasteiger partial charge in [0.25, 0.3) is 5.91 Å². The third-order valence-corrected chi connectivity index (χ3v) is 7.94. The SMILES string of the molecule is COc1cccc2c(C(=O)NCc3cccc(C)c3)cn(CCCN3CCN(CCOc4ccc(Cl)cc4)CC3)c12. The van der Waals surface area contributed by atoms with Crippen LogP contribution in [0.3, 0.4) is 0 Å². The monoisotopic (exact) mass is 574 g/mol. The number of fused-ring (bicyclic) bond motifs is 1. The molecular weight excluding hydrogens is 536 g/mol. The summed E-state index contributed by atoms with van der Waals surface area (Å²) in [5.41, 5.74) is 3.93. The molecule has 7 nitrogen and oxygen atoms in total. The topological polar surface area (TPSA) is 59.0 Å². The molecular formula is C33H39ClN4O3. The Kier molecular flexibility index (Phi) is 9.83. The van der Waals surface area contributed by atoms with Gasteiger partial charge in [0.1, 0.15) is 18.1 Å². The summed E-state index contributed by atoms with van der Waals surface area (Å²) in [6.07, 6.45) is 2.98. The molecule has 8 heteroatoms. The molecule has 1 N–H and O–H groups in total. The van der Waals surface area contributed by atoms with E-state index in [0.29, 0.717) is 18.7 Å².